The van der Waals surface area contributed by atoms with Crippen LogP contribution >= 0.6 is 11.6 Å². The van der Waals surface area contributed by atoms with E-state index in [1.54, 1.807) is 53.2 Å². The number of halogens is 1. The van der Waals surface area contributed by atoms with Gasteiger partial charge in [-0.3, -0.25) is 14.2 Å². The number of fused-ring (bicyclic) bond motifs is 1. The van der Waals surface area contributed by atoms with Crippen molar-refractivity contribution in [3.05, 3.63) is 101 Å². The van der Waals surface area contributed by atoms with Crippen molar-refractivity contribution in [1.82, 2.24) is 4.57 Å². The second-order valence-corrected chi connectivity index (χ2v) is 6.53. The SMILES string of the molecule is O=C(Nc1ccc2c(ccn2C(=O)c2ccccc2)c1)c1cccc(Cl)c1. The molecular formula is C22H15ClN2O2. The first-order valence-corrected chi connectivity index (χ1v) is 8.77. The summed E-state index contributed by atoms with van der Waals surface area (Å²) in [5.74, 6) is -0.335. The van der Waals surface area contributed by atoms with Gasteiger partial charge in [0.1, 0.15) is 0 Å². The van der Waals surface area contributed by atoms with E-state index >= 15 is 0 Å². The Morgan fingerprint density at radius 1 is 0.815 bits per heavy atom. The molecule has 1 aromatic heterocycles. The molecule has 27 heavy (non-hydrogen) atoms. The van der Waals surface area contributed by atoms with Crippen molar-refractivity contribution in [1.29, 1.82) is 0 Å². The van der Waals surface area contributed by atoms with Gasteiger partial charge in [0, 0.05) is 33.4 Å². The quantitative estimate of drug-likeness (QED) is 0.533. The third kappa shape index (κ3) is 3.48. The van der Waals surface area contributed by atoms with Gasteiger partial charge in [0.25, 0.3) is 11.8 Å². The lowest BCUT2D eigenvalue weighted by Crippen LogP contribution is -2.12. The van der Waals surface area contributed by atoms with Gasteiger partial charge in [-0.1, -0.05) is 35.9 Å². The van der Waals surface area contributed by atoms with Gasteiger partial charge in [-0.2, -0.15) is 0 Å². The highest BCUT2D eigenvalue weighted by Gasteiger charge is 2.12. The molecule has 0 radical (unpaired) electrons. The second kappa shape index (κ2) is 7.09. The molecule has 0 aliphatic rings. The van der Waals surface area contributed by atoms with Crippen LogP contribution in [-0.4, -0.2) is 16.4 Å². The van der Waals surface area contributed by atoms with Crippen molar-refractivity contribution < 1.29 is 9.59 Å². The van der Waals surface area contributed by atoms with Crippen molar-refractivity contribution in [2.45, 2.75) is 0 Å². The van der Waals surface area contributed by atoms with Crippen molar-refractivity contribution in [3.63, 3.8) is 0 Å². The summed E-state index contributed by atoms with van der Waals surface area (Å²) in [6, 6.07) is 23.2. The molecule has 0 spiro atoms. The zero-order valence-electron chi connectivity index (χ0n) is 14.2. The van der Waals surface area contributed by atoms with Crippen LogP contribution in [0.5, 0.6) is 0 Å². The van der Waals surface area contributed by atoms with E-state index in [2.05, 4.69) is 5.32 Å². The standard InChI is InChI=1S/C22H15ClN2O2/c23-18-8-4-7-17(13-18)21(26)24-19-9-10-20-16(14-19)11-12-25(20)22(27)15-5-2-1-3-6-15/h1-14H,(H,24,26). The summed E-state index contributed by atoms with van der Waals surface area (Å²) in [6.07, 6.45) is 1.74. The fourth-order valence-electron chi connectivity index (χ4n) is 2.95. The number of nitrogens with one attached hydrogen (secondary N) is 1. The van der Waals surface area contributed by atoms with Gasteiger partial charge in [-0.25, -0.2) is 0 Å². The number of carbonyl (C=O) groups excluding carboxylic acids is 2. The molecule has 0 fully saturated rings. The molecule has 4 rings (SSSR count). The molecule has 132 valence electrons. The third-order valence-corrected chi connectivity index (χ3v) is 4.51. The Bertz CT molecular complexity index is 1150. The lowest BCUT2D eigenvalue weighted by atomic mass is 10.2. The maximum absolute atomic E-state index is 12.7. The van der Waals surface area contributed by atoms with Gasteiger partial charge in [-0.05, 0) is 54.6 Å². The first-order chi connectivity index (χ1) is 13.1. The monoisotopic (exact) mass is 374 g/mol. The van der Waals surface area contributed by atoms with Gasteiger partial charge in [0.15, 0.2) is 0 Å². The van der Waals surface area contributed by atoms with Crippen LogP contribution in [-0.2, 0) is 0 Å². The number of anilines is 1. The largest absolute Gasteiger partial charge is 0.322 e. The molecule has 0 saturated heterocycles. The Labute approximate surface area is 161 Å². The predicted molar refractivity (Wildman–Crippen MR) is 108 cm³/mol. The highest BCUT2D eigenvalue weighted by atomic mass is 35.5. The predicted octanol–water partition coefficient (Wildman–Crippen LogP) is 5.24. The summed E-state index contributed by atoms with van der Waals surface area (Å²) < 4.78 is 1.60. The number of hydrogen-bond donors (Lipinski definition) is 1. The Kier molecular flexibility index (Phi) is 4.48. The summed E-state index contributed by atoms with van der Waals surface area (Å²) in [5.41, 5.74) is 2.54. The van der Waals surface area contributed by atoms with Crippen LogP contribution in [0.1, 0.15) is 20.7 Å². The molecule has 0 aliphatic carbocycles. The smallest absolute Gasteiger partial charge is 0.262 e. The number of hydrogen-bond acceptors (Lipinski definition) is 2. The average Bonchev–Trinajstić information content (AvgIpc) is 3.11. The number of rotatable bonds is 3. The molecule has 4 aromatic rings. The third-order valence-electron chi connectivity index (χ3n) is 4.27. The van der Waals surface area contributed by atoms with Gasteiger partial charge < -0.3 is 5.32 Å². The van der Waals surface area contributed by atoms with E-state index in [1.807, 2.05) is 36.4 Å². The minimum atomic E-state index is -0.239. The van der Waals surface area contributed by atoms with Crippen LogP contribution in [0.2, 0.25) is 5.02 Å². The van der Waals surface area contributed by atoms with E-state index in [-0.39, 0.29) is 11.8 Å². The topological polar surface area (TPSA) is 51.1 Å². The van der Waals surface area contributed by atoms with Gasteiger partial charge in [0.2, 0.25) is 0 Å². The first-order valence-electron chi connectivity index (χ1n) is 8.39. The zero-order valence-corrected chi connectivity index (χ0v) is 15.0. The highest BCUT2D eigenvalue weighted by Crippen LogP contribution is 2.22. The fraction of sp³-hybridized carbons (Fsp3) is 0. The molecular weight excluding hydrogens is 360 g/mol. The number of carbonyl (C=O) groups is 2. The molecule has 5 heteroatoms. The number of nitrogens with zero attached hydrogens (tertiary/aromatic N) is 1. The first kappa shape index (κ1) is 17.1. The molecule has 0 saturated carbocycles. The van der Waals surface area contributed by atoms with E-state index in [0.717, 1.165) is 10.9 Å². The Hall–Kier alpha value is -3.37. The maximum atomic E-state index is 12.7. The van der Waals surface area contributed by atoms with E-state index in [0.29, 0.717) is 21.8 Å². The normalized spacial score (nSPS) is 10.7. The van der Waals surface area contributed by atoms with Crippen molar-refractivity contribution >= 4 is 40.0 Å². The fourth-order valence-corrected chi connectivity index (χ4v) is 3.14. The summed E-state index contributed by atoms with van der Waals surface area (Å²) in [7, 11) is 0. The molecule has 3 aromatic carbocycles. The summed E-state index contributed by atoms with van der Waals surface area (Å²) in [5, 5.41) is 4.23. The van der Waals surface area contributed by atoms with Crippen molar-refractivity contribution in [2.75, 3.05) is 5.32 Å². The van der Waals surface area contributed by atoms with Crippen LogP contribution in [0.4, 0.5) is 5.69 Å². The minimum Gasteiger partial charge on any atom is -0.322 e. The Morgan fingerprint density at radius 3 is 2.37 bits per heavy atom. The maximum Gasteiger partial charge on any atom is 0.262 e. The van der Waals surface area contributed by atoms with Crippen LogP contribution in [0.25, 0.3) is 10.9 Å². The van der Waals surface area contributed by atoms with Crippen molar-refractivity contribution in [3.8, 4) is 0 Å². The highest BCUT2D eigenvalue weighted by molar-refractivity contribution is 6.31. The van der Waals surface area contributed by atoms with Gasteiger partial charge in [0.05, 0.1) is 5.52 Å². The summed E-state index contributed by atoms with van der Waals surface area (Å²) >= 11 is 5.94. The van der Waals surface area contributed by atoms with Crippen LogP contribution in [0.15, 0.2) is 85.1 Å². The molecule has 0 bridgehead atoms. The molecule has 1 N–H and O–H groups in total. The molecule has 4 nitrogen and oxygen atoms in total. The van der Waals surface area contributed by atoms with E-state index in [9.17, 15) is 9.59 Å². The van der Waals surface area contributed by atoms with Crippen molar-refractivity contribution in [2.24, 2.45) is 0 Å². The lowest BCUT2D eigenvalue weighted by molar-refractivity contribution is 0.0964. The van der Waals surface area contributed by atoms with Crippen LogP contribution in [0, 0.1) is 0 Å². The number of amides is 1. The Balaban J connectivity index is 1.61. The van der Waals surface area contributed by atoms with Gasteiger partial charge >= 0.3 is 0 Å². The van der Waals surface area contributed by atoms with Crippen LogP contribution in [0.3, 0.4) is 0 Å². The Morgan fingerprint density at radius 2 is 1.59 bits per heavy atom. The molecule has 0 atom stereocenters. The second-order valence-electron chi connectivity index (χ2n) is 6.09. The molecule has 0 unspecified atom stereocenters. The van der Waals surface area contributed by atoms with E-state index in [4.69, 9.17) is 11.6 Å². The number of aromatic nitrogens is 1. The summed E-state index contributed by atoms with van der Waals surface area (Å²) in [6.45, 7) is 0. The zero-order chi connectivity index (χ0) is 18.8. The molecule has 1 heterocycles. The van der Waals surface area contributed by atoms with E-state index < -0.39 is 0 Å². The lowest BCUT2D eigenvalue weighted by Gasteiger charge is -2.07. The molecule has 0 aliphatic heterocycles. The molecule has 1 amide bonds. The average molecular weight is 375 g/mol. The van der Waals surface area contributed by atoms with E-state index in [1.165, 1.54) is 0 Å². The van der Waals surface area contributed by atoms with Gasteiger partial charge in [-0.15, -0.1) is 0 Å². The number of benzene rings is 3. The van der Waals surface area contributed by atoms with Crippen LogP contribution < -0.4 is 5.32 Å². The summed E-state index contributed by atoms with van der Waals surface area (Å²) in [4.78, 5) is 25.1. The minimum absolute atomic E-state index is 0.0960.